The maximum atomic E-state index is 6.64. The third kappa shape index (κ3) is 4.74. The zero-order valence-corrected chi connectivity index (χ0v) is 32.1. The van der Waals surface area contributed by atoms with Crippen molar-refractivity contribution in [2.75, 3.05) is 0 Å². The van der Waals surface area contributed by atoms with Gasteiger partial charge in [0.2, 0.25) is 11.8 Å². The minimum atomic E-state index is -0.567. The Kier molecular flexibility index (Phi) is 6.87. The molecule has 0 fully saturated rings. The molecule has 0 saturated heterocycles. The molecule has 13 rings (SSSR count). The van der Waals surface area contributed by atoms with Crippen LogP contribution in [0.3, 0.4) is 0 Å². The van der Waals surface area contributed by atoms with Gasteiger partial charge < -0.3 is 13.6 Å². The Labute approximate surface area is 344 Å². The van der Waals surface area contributed by atoms with Crippen LogP contribution in [0.5, 0.6) is 11.5 Å². The summed E-state index contributed by atoms with van der Waals surface area (Å²) in [4.78, 5) is 9.70. The smallest absolute Gasteiger partial charge is 0.227 e. The van der Waals surface area contributed by atoms with Crippen LogP contribution in [0.2, 0.25) is 0 Å². The Balaban J connectivity index is 0.970. The molecular formula is C55H32N2O3. The Morgan fingerprint density at radius 1 is 0.367 bits per heavy atom. The molecule has 0 amide bonds. The van der Waals surface area contributed by atoms with Crippen molar-refractivity contribution >= 4 is 33.0 Å². The molecule has 1 aliphatic heterocycles. The maximum absolute atomic E-state index is 6.64. The van der Waals surface area contributed by atoms with Crippen molar-refractivity contribution in [3.63, 3.8) is 0 Å². The summed E-state index contributed by atoms with van der Waals surface area (Å²) in [6.45, 7) is 0. The third-order valence-corrected chi connectivity index (χ3v) is 12.4. The number of rotatable bonds is 4. The van der Waals surface area contributed by atoms with E-state index in [2.05, 4.69) is 140 Å². The number of fused-ring (bicyclic) bond motifs is 13. The first-order valence-corrected chi connectivity index (χ1v) is 20.2. The van der Waals surface area contributed by atoms with Crippen LogP contribution in [-0.4, -0.2) is 9.97 Å². The molecule has 0 radical (unpaired) electrons. The van der Waals surface area contributed by atoms with Gasteiger partial charge in [-0.3, -0.25) is 0 Å². The molecule has 5 heteroatoms. The average Bonchev–Trinajstić information content (AvgIpc) is 4.03. The van der Waals surface area contributed by atoms with E-state index in [1.807, 2.05) is 54.6 Å². The highest BCUT2D eigenvalue weighted by atomic mass is 16.5. The van der Waals surface area contributed by atoms with Crippen LogP contribution in [0.1, 0.15) is 22.3 Å². The maximum Gasteiger partial charge on any atom is 0.227 e. The van der Waals surface area contributed by atoms with Crippen molar-refractivity contribution in [1.29, 1.82) is 0 Å². The van der Waals surface area contributed by atoms with E-state index < -0.39 is 5.41 Å². The fraction of sp³-hybridized carbons (Fsp3) is 0.0182. The summed E-state index contributed by atoms with van der Waals surface area (Å²) in [5, 5.41) is 2.48. The molecule has 0 N–H and O–H groups in total. The number of ether oxygens (including phenoxy) is 1. The van der Waals surface area contributed by atoms with Gasteiger partial charge >= 0.3 is 0 Å². The molecule has 5 nitrogen and oxygen atoms in total. The highest BCUT2D eigenvalue weighted by Crippen LogP contribution is 2.63. The van der Waals surface area contributed by atoms with Gasteiger partial charge in [0.1, 0.15) is 22.5 Å². The fourth-order valence-electron chi connectivity index (χ4n) is 9.73. The minimum absolute atomic E-state index is 0.545. The van der Waals surface area contributed by atoms with Crippen molar-refractivity contribution in [3.8, 4) is 67.8 Å². The summed E-state index contributed by atoms with van der Waals surface area (Å²) < 4.78 is 19.2. The van der Waals surface area contributed by atoms with Crippen LogP contribution in [0.4, 0.5) is 0 Å². The zero-order valence-electron chi connectivity index (χ0n) is 32.1. The first kappa shape index (κ1) is 33.0. The molecule has 0 atom stereocenters. The van der Waals surface area contributed by atoms with E-state index in [0.29, 0.717) is 11.8 Å². The largest absolute Gasteiger partial charge is 0.457 e. The summed E-state index contributed by atoms with van der Waals surface area (Å²) >= 11 is 0. The molecule has 1 spiro atoms. The summed E-state index contributed by atoms with van der Waals surface area (Å²) in [6, 6.07) is 68.3. The summed E-state index contributed by atoms with van der Waals surface area (Å²) in [5.41, 5.74) is 15.9. The van der Waals surface area contributed by atoms with E-state index in [1.54, 1.807) is 0 Å². The van der Waals surface area contributed by atoms with Gasteiger partial charge in [-0.25, -0.2) is 9.97 Å². The Hall–Kier alpha value is -8.02. The lowest BCUT2D eigenvalue weighted by atomic mass is 9.66. The molecule has 60 heavy (non-hydrogen) atoms. The van der Waals surface area contributed by atoms with Gasteiger partial charge in [-0.15, -0.1) is 0 Å². The SMILES string of the molecule is c1ccc2c(c1)Oc1ccccc1C21c2cc(-c3ccc(-c4cc(-c5nc6ccccc6o5)cc(-c5nc6ccccc6o5)c4)cc3)ccc2-c2c1ccc1ccccc21. The lowest BCUT2D eigenvalue weighted by molar-refractivity contribution is 0.436. The van der Waals surface area contributed by atoms with Gasteiger partial charge in [0.05, 0.1) is 5.41 Å². The van der Waals surface area contributed by atoms with E-state index in [1.165, 1.54) is 33.0 Å². The van der Waals surface area contributed by atoms with Crippen LogP contribution in [0, 0.1) is 0 Å². The molecule has 2 aliphatic rings. The van der Waals surface area contributed by atoms with Gasteiger partial charge in [0.25, 0.3) is 0 Å². The topological polar surface area (TPSA) is 61.3 Å². The molecule has 2 aromatic heterocycles. The van der Waals surface area contributed by atoms with E-state index in [9.17, 15) is 0 Å². The summed E-state index contributed by atoms with van der Waals surface area (Å²) in [7, 11) is 0. The second-order valence-corrected chi connectivity index (χ2v) is 15.7. The van der Waals surface area contributed by atoms with Crippen LogP contribution >= 0.6 is 0 Å². The minimum Gasteiger partial charge on any atom is -0.457 e. The quantitative estimate of drug-likeness (QED) is 0.178. The molecule has 1 aliphatic carbocycles. The van der Waals surface area contributed by atoms with Crippen molar-refractivity contribution in [3.05, 3.63) is 216 Å². The van der Waals surface area contributed by atoms with Gasteiger partial charge in [0, 0.05) is 22.3 Å². The van der Waals surface area contributed by atoms with Crippen LogP contribution in [0.15, 0.2) is 203 Å². The fourth-order valence-corrected chi connectivity index (χ4v) is 9.73. The zero-order chi connectivity index (χ0) is 39.4. The summed E-state index contributed by atoms with van der Waals surface area (Å²) in [6.07, 6.45) is 0. The van der Waals surface area contributed by atoms with Crippen molar-refractivity contribution < 1.29 is 13.6 Å². The monoisotopic (exact) mass is 768 g/mol. The van der Waals surface area contributed by atoms with Crippen molar-refractivity contribution in [2.24, 2.45) is 0 Å². The molecule has 0 saturated carbocycles. The molecule has 3 heterocycles. The number of aromatic nitrogens is 2. The van der Waals surface area contributed by atoms with Crippen LogP contribution in [0.25, 0.3) is 89.3 Å². The number of nitrogens with zero attached hydrogens (tertiary/aromatic N) is 2. The molecular weight excluding hydrogens is 737 g/mol. The van der Waals surface area contributed by atoms with E-state index in [0.717, 1.165) is 78.2 Å². The second kappa shape index (κ2) is 12.5. The average molecular weight is 769 g/mol. The second-order valence-electron chi connectivity index (χ2n) is 15.7. The first-order chi connectivity index (χ1) is 29.7. The Bertz CT molecular complexity index is 3340. The van der Waals surface area contributed by atoms with Crippen molar-refractivity contribution in [2.45, 2.75) is 5.41 Å². The lowest BCUT2D eigenvalue weighted by Gasteiger charge is -2.39. The van der Waals surface area contributed by atoms with Crippen LogP contribution < -0.4 is 4.74 Å². The van der Waals surface area contributed by atoms with Gasteiger partial charge in [0.15, 0.2) is 11.2 Å². The third-order valence-electron chi connectivity index (χ3n) is 12.4. The number of benzene rings is 9. The summed E-state index contributed by atoms with van der Waals surface area (Å²) in [5.74, 6) is 2.86. The predicted octanol–water partition coefficient (Wildman–Crippen LogP) is 14.3. The molecule has 11 aromatic rings. The van der Waals surface area contributed by atoms with Gasteiger partial charge in [-0.05, 0) is 116 Å². The first-order valence-electron chi connectivity index (χ1n) is 20.2. The predicted molar refractivity (Wildman–Crippen MR) is 238 cm³/mol. The molecule has 0 bridgehead atoms. The normalized spacial score (nSPS) is 13.3. The number of para-hydroxylation sites is 6. The van der Waals surface area contributed by atoms with Gasteiger partial charge in [-0.1, -0.05) is 133 Å². The molecule has 0 unspecified atom stereocenters. The van der Waals surface area contributed by atoms with E-state index in [4.69, 9.17) is 23.5 Å². The molecule has 280 valence electrons. The van der Waals surface area contributed by atoms with Crippen LogP contribution in [-0.2, 0) is 5.41 Å². The Morgan fingerprint density at radius 2 is 0.900 bits per heavy atom. The lowest BCUT2D eigenvalue weighted by Crippen LogP contribution is -2.32. The van der Waals surface area contributed by atoms with Crippen molar-refractivity contribution in [1.82, 2.24) is 9.97 Å². The number of hydrogen-bond acceptors (Lipinski definition) is 5. The Morgan fingerprint density at radius 3 is 1.55 bits per heavy atom. The highest BCUT2D eigenvalue weighted by molar-refractivity contribution is 6.05. The number of oxazole rings is 2. The van der Waals surface area contributed by atoms with E-state index in [-0.39, 0.29) is 0 Å². The van der Waals surface area contributed by atoms with Gasteiger partial charge in [-0.2, -0.15) is 0 Å². The molecule has 9 aromatic carbocycles. The number of hydrogen-bond donors (Lipinski definition) is 0. The highest BCUT2D eigenvalue weighted by Gasteiger charge is 2.51. The van der Waals surface area contributed by atoms with E-state index >= 15 is 0 Å². The standard InChI is InChI=1S/C55H32N2O3/c1-2-12-40-35(11-1)26-28-44-52(40)41-27-25-36(32-45(41)55(44)42-13-3-7-17-48(42)58-49-18-8-4-14-43(49)55)33-21-23-34(24-22-33)37-29-38(53-56-46-15-5-9-19-50(46)59-53)31-39(30-37)54-57-47-16-6-10-20-51(47)60-54/h1-32H.